The van der Waals surface area contributed by atoms with Gasteiger partial charge >= 0.3 is 0 Å². The van der Waals surface area contributed by atoms with Crippen LogP contribution in [0.25, 0.3) is 20.9 Å². The van der Waals surface area contributed by atoms with Crippen LogP contribution in [0.2, 0.25) is 0 Å². The number of nitrogens with one attached hydrogen (secondary N) is 3. The van der Waals surface area contributed by atoms with Gasteiger partial charge in [0, 0.05) is 11.6 Å². The number of fused-ring (bicyclic) bond motifs is 1. The molecule has 1 fully saturated rings. The highest BCUT2D eigenvalue weighted by Gasteiger charge is 2.34. The third-order valence-corrected chi connectivity index (χ3v) is 5.63. The number of hydrogen-bond donors (Lipinski definition) is 3. The van der Waals surface area contributed by atoms with Crippen LogP contribution in [0.5, 0.6) is 0 Å². The normalized spacial score (nSPS) is 23.0. The Morgan fingerprint density at radius 3 is 2.72 bits per heavy atom. The van der Waals surface area contributed by atoms with E-state index in [1.165, 1.54) is 0 Å². The fourth-order valence-corrected chi connectivity index (χ4v) is 3.79. The Kier molecular flexibility index (Phi) is 4.20. The van der Waals surface area contributed by atoms with Crippen molar-refractivity contribution in [3.63, 3.8) is 0 Å². The van der Waals surface area contributed by atoms with Crippen LogP contribution < -0.4 is 16.2 Å². The van der Waals surface area contributed by atoms with Crippen molar-refractivity contribution in [2.24, 2.45) is 5.92 Å². The van der Waals surface area contributed by atoms with E-state index in [9.17, 15) is 4.79 Å². The molecule has 3 heterocycles. The fraction of sp³-hybridized carbons (Fsp3) is 0.278. The third kappa shape index (κ3) is 3.13. The van der Waals surface area contributed by atoms with Crippen LogP contribution >= 0.6 is 11.3 Å². The van der Waals surface area contributed by atoms with E-state index in [-0.39, 0.29) is 23.9 Å². The summed E-state index contributed by atoms with van der Waals surface area (Å²) in [6.07, 6.45) is 1.68. The summed E-state index contributed by atoms with van der Waals surface area (Å²) in [6, 6.07) is 11.9. The second-order valence-corrected chi connectivity index (χ2v) is 7.31. The minimum atomic E-state index is -0.263. The van der Waals surface area contributed by atoms with Gasteiger partial charge in [-0.2, -0.15) is 0 Å². The Bertz CT molecular complexity index is 910. The van der Waals surface area contributed by atoms with Gasteiger partial charge in [-0.25, -0.2) is 15.4 Å². The highest BCUT2D eigenvalue weighted by Crippen LogP contribution is 2.30. The lowest BCUT2D eigenvalue weighted by molar-refractivity contribution is -0.118. The molecule has 0 radical (unpaired) electrons. The van der Waals surface area contributed by atoms with Crippen molar-refractivity contribution in [1.29, 1.82) is 0 Å². The number of thiazole rings is 1. The first-order valence-electron chi connectivity index (χ1n) is 8.26. The molecule has 3 atom stereocenters. The van der Waals surface area contributed by atoms with Crippen molar-refractivity contribution < 1.29 is 4.79 Å². The number of anilines is 1. The molecule has 2 aromatic heterocycles. The summed E-state index contributed by atoms with van der Waals surface area (Å²) in [5, 5.41) is 3.86. The maximum absolute atomic E-state index is 12.5. The van der Waals surface area contributed by atoms with Gasteiger partial charge in [0.1, 0.15) is 21.4 Å². The van der Waals surface area contributed by atoms with E-state index in [4.69, 9.17) is 0 Å². The molecule has 0 spiro atoms. The summed E-state index contributed by atoms with van der Waals surface area (Å²) in [5.74, 6) is 0.143. The summed E-state index contributed by atoms with van der Waals surface area (Å²) in [4.78, 5) is 22.4. The van der Waals surface area contributed by atoms with Gasteiger partial charge in [-0.15, -0.1) is 0 Å². The lowest BCUT2D eigenvalue weighted by atomic mass is 9.97. The van der Waals surface area contributed by atoms with Crippen LogP contribution in [0.1, 0.15) is 13.8 Å². The van der Waals surface area contributed by atoms with Crippen LogP contribution in [0.4, 0.5) is 5.69 Å². The molecule has 1 aliphatic rings. The second kappa shape index (κ2) is 6.51. The molecule has 1 aromatic carbocycles. The zero-order valence-corrected chi connectivity index (χ0v) is 14.8. The van der Waals surface area contributed by atoms with Crippen LogP contribution in [0.3, 0.4) is 0 Å². The van der Waals surface area contributed by atoms with Crippen molar-refractivity contribution in [2.75, 3.05) is 5.32 Å². The topological polar surface area (TPSA) is 78.9 Å². The maximum atomic E-state index is 12.5. The summed E-state index contributed by atoms with van der Waals surface area (Å²) in [7, 11) is 0. The van der Waals surface area contributed by atoms with E-state index in [0.29, 0.717) is 5.69 Å². The first-order chi connectivity index (χ1) is 12.1. The molecule has 1 amide bonds. The van der Waals surface area contributed by atoms with Crippen LogP contribution in [-0.4, -0.2) is 28.0 Å². The summed E-state index contributed by atoms with van der Waals surface area (Å²) in [6.45, 7) is 4.11. The number of hydrogen-bond acceptors (Lipinski definition) is 6. The van der Waals surface area contributed by atoms with E-state index in [1.807, 2.05) is 36.4 Å². The Labute approximate surface area is 149 Å². The molecule has 0 aliphatic carbocycles. The van der Waals surface area contributed by atoms with Gasteiger partial charge in [0.05, 0.1) is 11.9 Å². The lowest BCUT2D eigenvalue weighted by Crippen LogP contribution is -2.41. The second-order valence-electron chi connectivity index (χ2n) is 6.34. The third-order valence-electron chi connectivity index (χ3n) is 4.60. The first kappa shape index (κ1) is 16.1. The maximum Gasteiger partial charge on any atom is 0.243 e. The SMILES string of the molecule is CC1NNC(C(=O)Nc2cnc3sc(-c4ccccc4)nc3c2)C1C. The number of carbonyl (C=O) groups is 1. The van der Waals surface area contributed by atoms with E-state index < -0.39 is 0 Å². The Morgan fingerprint density at radius 2 is 2.00 bits per heavy atom. The monoisotopic (exact) mass is 353 g/mol. The average molecular weight is 353 g/mol. The number of amides is 1. The van der Waals surface area contributed by atoms with Crippen LogP contribution in [0.15, 0.2) is 42.6 Å². The molecule has 7 heteroatoms. The number of rotatable bonds is 3. The van der Waals surface area contributed by atoms with Crippen molar-refractivity contribution in [3.8, 4) is 10.6 Å². The smallest absolute Gasteiger partial charge is 0.243 e. The molecule has 0 saturated carbocycles. The van der Waals surface area contributed by atoms with Crippen molar-refractivity contribution in [3.05, 3.63) is 42.6 Å². The number of hydrazine groups is 1. The number of pyridine rings is 1. The minimum absolute atomic E-state index is 0.0657. The van der Waals surface area contributed by atoms with Crippen LogP contribution in [-0.2, 0) is 4.79 Å². The Hall–Kier alpha value is -2.35. The largest absolute Gasteiger partial charge is 0.323 e. The van der Waals surface area contributed by atoms with Gasteiger partial charge in [0.25, 0.3) is 0 Å². The molecule has 1 saturated heterocycles. The number of benzene rings is 1. The van der Waals surface area contributed by atoms with Gasteiger partial charge < -0.3 is 5.32 Å². The predicted molar refractivity (Wildman–Crippen MR) is 100 cm³/mol. The van der Waals surface area contributed by atoms with Crippen molar-refractivity contribution >= 4 is 33.3 Å². The van der Waals surface area contributed by atoms with Crippen molar-refractivity contribution in [1.82, 2.24) is 20.8 Å². The molecular formula is C18H19N5OS. The molecule has 3 unspecified atom stereocenters. The van der Waals surface area contributed by atoms with E-state index in [0.717, 1.165) is 20.9 Å². The molecule has 3 aromatic rings. The van der Waals surface area contributed by atoms with Gasteiger partial charge in [-0.3, -0.25) is 10.2 Å². The van der Waals surface area contributed by atoms with Gasteiger partial charge in [-0.05, 0) is 18.9 Å². The number of nitrogens with zero attached hydrogens (tertiary/aromatic N) is 2. The Balaban J connectivity index is 1.56. The molecule has 3 N–H and O–H groups in total. The van der Waals surface area contributed by atoms with E-state index in [2.05, 4.69) is 40.0 Å². The molecule has 25 heavy (non-hydrogen) atoms. The summed E-state index contributed by atoms with van der Waals surface area (Å²) < 4.78 is 0. The molecule has 4 rings (SSSR count). The summed E-state index contributed by atoms with van der Waals surface area (Å²) in [5.41, 5.74) is 8.67. The predicted octanol–water partition coefficient (Wildman–Crippen LogP) is 2.80. The highest BCUT2D eigenvalue weighted by molar-refractivity contribution is 7.21. The van der Waals surface area contributed by atoms with Gasteiger partial charge in [0.15, 0.2) is 0 Å². The molecule has 128 valence electrons. The van der Waals surface area contributed by atoms with Crippen molar-refractivity contribution in [2.45, 2.75) is 25.9 Å². The highest BCUT2D eigenvalue weighted by atomic mass is 32.1. The van der Waals surface area contributed by atoms with Crippen LogP contribution in [0, 0.1) is 5.92 Å². The molecular weight excluding hydrogens is 334 g/mol. The molecule has 6 nitrogen and oxygen atoms in total. The van der Waals surface area contributed by atoms with E-state index in [1.54, 1.807) is 17.5 Å². The van der Waals surface area contributed by atoms with Gasteiger partial charge in [0.2, 0.25) is 5.91 Å². The summed E-state index contributed by atoms with van der Waals surface area (Å²) >= 11 is 1.55. The molecule has 1 aliphatic heterocycles. The fourth-order valence-electron chi connectivity index (χ4n) is 2.89. The number of carbonyl (C=O) groups excluding carboxylic acids is 1. The number of aromatic nitrogens is 2. The first-order valence-corrected chi connectivity index (χ1v) is 9.07. The zero-order chi connectivity index (χ0) is 17.4. The van der Waals surface area contributed by atoms with Gasteiger partial charge in [-0.1, -0.05) is 48.6 Å². The molecule has 0 bridgehead atoms. The zero-order valence-electron chi connectivity index (χ0n) is 14.0. The quantitative estimate of drug-likeness (QED) is 0.675. The average Bonchev–Trinajstić information content (AvgIpc) is 3.19. The minimum Gasteiger partial charge on any atom is -0.323 e. The Morgan fingerprint density at radius 1 is 1.20 bits per heavy atom. The standard InChI is InChI=1S/C18H19N5OS/c1-10-11(2)22-23-15(10)16(24)20-13-8-14-18(19-9-13)25-17(21-14)12-6-4-3-5-7-12/h3-11,15,22-23H,1-2H3,(H,20,24). The lowest BCUT2D eigenvalue weighted by Gasteiger charge is -2.15. The van der Waals surface area contributed by atoms with E-state index >= 15 is 0 Å².